The molecule has 0 spiro atoms. The molecule has 4 nitrogen and oxygen atoms in total. The van der Waals surface area contributed by atoms with E-state index in [0.717, 1.165) is 24.0 Å². The van der Waals surface area contributed by atoms with Crippen molar-refractivity contribution < 1.29 is 13.2 Å². The zero-order valence-electron chi connectivity index (χ0n) is 13.1. The van der Waals surface area contributed by atoms with Gasteiger partial charge < -0.3 is 5.32 Å². The number of aryl methyl sites for hydroxylation is 1. The van der Waals surface area contributed by atoms with Crippen molar-refractivity contribution in [3.05, 3.63) is 28.8 Å². The van der Waals surface area contributed by atoms with E-state index in [1.807, 2.05) is 20.8 Å². The fourth-order valence-corrected chi connectivity index (χ4v) is 2.81. The summed E-state index contributed by atoms with van der Waals surface area (Å²) >= 11 is 0. The highest BCUT2D eigenvalue weighted by Gasteiger charge is 2.25. The summed E-state index contributed by atoms with van der Waals surface area (Å²) in [4.78, 5) is 12.4. The summed E-state index contributed by atoms with van der Waals surface area (Å²) in [6, 6.07) is 2.82. The van der Waals surface area contributed by atoms with E-state index >= 15 is 0 Å². The maximum absolute atomic E-state index is 12.5. The Morgan fingerprint density at radius 1 is 1.24 bits per heavy atom. The van der Waals surface area contributed by atoms with Crippen LogP contribution in [-0.2, 0) is 9.05 Å². The number of carbonyl (C=O) groups is 1. The SMILES string of the molecule is CCC(C)(CC)NC(=O)c1cc(S(=O)(=O)Cl)cc(C)c1C. The van der Waals surface area contributed by atoms with Crippen molar-refractivity contribution >= 4 is 25.6 Å². The molecule has 118 valence electrons. The third kappa shape index (κ3) is 4.20. The van der Waals surface area contributed by atoms with Crippen LogP contribution >= 0.6 is 10.7 Å². The molecule has 0 heterocycles. The Bertz CT molecular complexity index is 649. The minimum absolute atomic E-state index is 0.0490. The van der Waals surface area contributed by atoms with Gasteiger partial charge in [-0.25, -0.2) is 8.42 Å². The third-order valence-electron chi connectivity index (χ3n) is 4.14. The summed E-state index contributed by atoms with van der Waals surface area (Å²) in [5.74, 6) is -0.274. The normalized spacial score (nSPS) is 12.3. The van der Waals surface area contributed by atoms with Gasteiger partial charge in [-0.15, -0.1) is 0 Å². The van der Waals surface area contributed by atoms with Gasteiger partial charge in [-0.3, -0.25) is 4.79 Å². The summed E-state index contributed by atoms with van der Waals surface area (Å²) in [7, 11) is 1.53. The zero-order valence-corrected chi connectivity index (χ0v) is 14.7. The second-order valence-electron chi connectivity index (χ2n) is 5.57. The molecule has 1 aromatic carbocycles. The number of benzene rings is 1. The number of amides is 1. The van der Waals surface area contributed by atoms with E-state index < -0.39 is 9.05 Å². The lowest BCUT2D eigenvalue weighted by Crippen LogP contribution is -2.45. The number of halogens is 1. The van der Waals surface area contributed by atoms with Gasteiger partial charge in [0.25, 0.3) is 15.0 Å². The topological polar surface area (TPSA) is 63.2 Å². The molecule has 1 N–H and O–H groups in total. The lowest BCUT2D eigenvalue weighted by Gasteiger charge is -2.28. The molecule has 1 aromatic rings. The van der Waals surface area contributed by atoms with Crippen LogP contribution in [-0.4, -0.2) is 19.9 Å². The number of carbonyl (C=O) groups excluding carboxylic acids is 1. The first kappa shape index (κ1) is 18.0. The predicted molar refractivity (Wildman–Crippen MR) is 85.4 cm³/mol. The highest BCUT2D eigenvalue weighted by Crippen LogP contribution is 2.24. The minimum atomic E-state index is -3.86. The van der Waals surface area contributed by atoms with Crippen molar-refractivity contribution in [3.63, 3.8) is 0 Å². The Morgan fingerprint density at radius 3 is 2.19 bits per heavy atom. The van der Waals surface area contributed by atoms with E-state index in [1.54, 1.807) is 13.8 Å². The van der Waals surface area contributed by atoms with Crippen molar-refractivity contribution in [3.8, 4) is 0 Å². The van der Waals surface area contributed by atoms with E-state index in [2.05, 4.69) is 5.32 Å². The van der Waals surface area contributed by atoms with Gasteiger partial charge in [0.15, 0.2) is 0 Å². The summed E-state index contributed by atoms with van der Waals surface area (Å²) in [5.41, 5.74) is 1.51. The van der Waals surface area contributed by atoms with Crippen molar-refractivity contribution in [2.45, 2.75) is 57.9 Å². The van der Waals surface area contributed by atoms with E-state index in [0.29, 0.717) is 5.56 Å². The molecule has 0 saturated carbocycles. The standard InChI is InChI=1S/C15H22ClNO3S/c1-6-15(5,7-2)17-14(18)13-9-12(21(16,19)20)8-10(3)11(13)4/h8-9H,6-7H2,1-5H3,(H,17,18). The van der Waals surface area contributed by atoms with Gasteiger partial charge in [0.1, 0.15) is 0 Å². The minimum Gasteiger partial charge on any atom is -0.347 e. The molecule has 0 saturated heterocycles. The van der Waals surface area contributed by atoms with Gasteiger partial charge in [0, 0.05) is 21.8 Å². The number of hydrogen-bond acceptors (Lipinski definition) is 3. The van der Waals surface area contributed by atoms with E-state index in [4.69, 9.17) is 10.7 Å². The quantitative estimate of drug-likeness (QED) is 0.839. The Hall–Kier alpha value is -1.07. The lowest BCUT2D eigenvalue weighted by atomic mass is 9.94. The highest BCUT2D eigenvalue weighted by atomic mass is 35.7. The first-order valence-corrected chi connectivity index (χ1v) is 9.23. The number of rotatable bonds is 5. The molecule has 21 heavy (non-hydrogen) atoms. The molecule has 1 amide bonds. The molecule has 0 unspecified atom stereocenters. The summed E-state index contributed by atoms with van der Waals surface area (Å²) in [6.07, 6.45) is 1.58. The Labute approximate surface area is 131 Å². The van der Waals surface area contributed by atoms with Crippen LogP contribution in [0.15, 0.2) is 17.0 Å². The van der Waals surface area contributed by atoms with E-state index in [-0.39, 0.29) is 16.3 Å². The molecule has 0 aliphatic carbocycles. The lowest BCUT2D eigenvalue weighted by molar-refractivity contribution is 0.0900. The van der Waals surface area contributed by atoms with Crippen LogP contribution in [0, 0.1) is 13.8 Å². The van der Waals surface area contributed by atoms with Crippen molar-refractivity contribution in [2.24, 2.45) is 0 Å². The van der Waals surface area contributed by atoms with Crippen LogP contribution in [0.5, 0.6) is 0 Å². The molecule has 0 aliphatic rings. The first-order chi connectivity index (χ1) is 9.54. The number of nitrogens with one attached hydrogen (secondary N) is 1. The summed E-state index contributed by atoms with van der Waals surface area (Å²) < 4.78 is 23.0. The zero-order chi connectivity index (χ0) is 16.4. The van der Waals surface area contributed by atoms with Gasteiger partial charge in [-0.05, 0) is 56.9 Å². The van der Waals surface area contributed by atoms with E-state index in [9.17, 15) is 13.2 Å². The monoisotopic (exact) mass is 331 g/mol. The largest absolute Gasteiger partial charge is 0.347 e. The van der Waals surface area contributed by atoms with Crippen LogP contribution < -0.4 is 5.32 Å². The van der Waals surface area contributed by atoms with Gasteiger partial charge in [-0.2, -0.15) is 0 Å². The molecule has 0 atom stereocenters. The first-order valence-electron chi connectivity index (χ1n) is 6.92. The second-order valence-corrected chi connectivity index (χ2v) is 8.14. The van der Waals surface area contributed by atoms with Gasteiger partial charge in [-0.1, -0.05) is 13.8 Å². The third-order valence-corrected chi connectivity index (χ3v) is 5.48. The Morgan fingerprint density at radius 2 is 1.76 bits per heavy atom. The summed E-state index contributed by atoms with van der Waals surface area (Å²) in [5, 5.41) is 2.98. The van der Waals surface area contributed by atoms with Crippen LogP contribution in [0.2, 0.25) is 0 Å². The van der Waals surface area contributed by atoms with Crippen molar-refractivity contribution in [2.75, 3.05) is 0 Å². The van der Waals surface area contributed by atoms with E-state index in [1.165, 1.54) is 12.1 Å². The Balaban J connectivity index is 3.30. The molecule has 0 fully saturated rings. The van der Waals surface area contributed by atoms with Crippen molar-refractivity contribution in [1.82, 2.24) is 5.32 Å². The average molecular weight is 332 g/mol. The molecular weight excluding hydrogens is 310 g/mol. The smallest absolute Gasteiger partial charge is 0.261 e. The summed E-state index contributed by atoms with van der Waals surface area (Å²) in [6.45, 7) is 9.53. The molecule has 6 heteroatoms. The molecule has 0 aliphatic heterocycles. The van der Waals surface area contributed by atoms with Gasteiger partial charge >= 0.3 is 0 Å². The van der Waals surface area contributed by atoms with Crippen molar-refractivity contribution in [1.29, 1.82) is 0 Å². The van der Waals surface area contributed by atoms with Gasteiger partial charge in [0.2, 0.25) is 0 Å². The molecule has 0 radical (unpaired) electrons. The molecule has 0 aromatic heterocycles. The Kier molecular flexibility index (Phi) is 5.45. The second kappa shape index (κ2) is 6.36. The van der Waals surface area contributed by atoms with Crippen LogP contribution in [0.4, 0.5) is 0 Å². The van der Waals surface area contributed by atoms with Crippen LogP contribution in [0.3, 0.4) is 0 Å². The molecule has 0 bridgehead atoms. The molecule has 1 rings (SSSR count). The highest BCUT2D eigenvalue weighted by molar-refractivity contribution is 8.13. The van der Waals surface area contributed by atoms with Crippen LogP contribution in [0.25, 0.3) is 0 Å². The maximum atomic E-state index is 12.5. The predicted octanol–water partition coefficient (Wildman–Crippen LogP) is 3.54. The fourth-order valence-electron chi connectivity index (χ4n) is 1.97. The van der Waals surface area contributed by atoms with Crippen LogP contribution in [0.1, 0.15) is 55.1 Å². The maximum Gasteiger partial charge on any atom is 0.261 e. The number of hydrogen-bond donors (Lipinski definition) is 1. The average Bonchev–Trinajstić information content (AvgIpc) is 2.40. The fraction of sp³-hybridized carbons (Fsp3) is 0.533. The molecular formula is C15H22ClNO3S. The van der Waals surface area contributed by atoms with Gasteiger partial charge in [0.05, 0.1) is 4.90 Å².